The number of carbonyl (C=O) groups is 1. The van der Waals surface area contributed by atoms with Crippen molar-refractivity contribution in [2.45, 2.75) is 18.6 Å². The van der Waals surface area contributed by atoms with Crippen molar-refractivity contribution in [3.63, 3.8) is 0 Å². The van der Waals surface area contributed by atoms with E-state index in [4.69, 9.17) is 10.4 Å². The molecule has 0 spiro atoms. The van der Waals surface area contributed by atoms with Crippen LogP contribution in [0.5, 0.6) is 0 Å². The predicted octanol–water partition coefficient (Wildman–Crippen LogP) is -0.884. The molecule has 0 radical (unpaired) electrons. The highest BCUT2D eigenvalue weighted by Gasteiger charge is 2.21. The molecule has 7 heteroatoms. The second kappa shape index (κ2) is 5.25. The number of carboxylic acids is 1. The molecule has 0 fully saturated rings. The topological polar surface area (TPSA) is 134 Å². The molecule has 1 rings (SSSR count). The molecule has 1 aromatic heterocycles. The highest BCUT2D eigenvalue weighted by Crippen LogP contribution is 2.17. The minimum absolute atomic E-state index is 0.0786. The van der Waals surface area contributed by atoms with Crippen LogP contribution < -0.4 is 5.56 Å². The van der Waals surface area contributed by atoms with Crippen LogP contribution in [0.1, 0.15) is 23.7 Å². The number of aliphatic hydroxyl groups excluding tert-OH is 2. The number of H-pyrrole nitrogens is 1. The molecule has 90 valence electrons. The van der Waals surface area contributed by atoms with Crippen molar-refractivity contribution in [1.82, 2.24) is 4.98 Å². The highest BCUT2D eigenvalue weighted by molar-refractivity contribution is 5.67. The Hall–Kier alpha value is -2.17. The Kier molecular flexibility index (Phi) is 3.98. The van der Waals surface area contributed by atoms with Crippen molar-refractivity contribution in [2.75, 3.05) is 0 Å². The van der Waals surface area contributed by atoms with Crippen molar-refractivity contribution in [1.29, 1.82) is 5.26 Å². The lowest BCUT2D eigenvalue weighted by atomic mass is 10.0. The molecule has 0 aromatic carbocycles. The number of nitrogens with one attached hydrogen (secondary N) is 1. The molecule has 7 nitrogen and oxygen atoms in total. The quantitative estimate of drug-likeness (QED) is 0.537. The maximum Gasteiger partial charge on any atom is 0.306 e. The van der Waals surface area contributed by atoms with E-state index in [1.54, 1.807) is 6.07 Å². The van der Waals surface area contributed by atoms with Gasteiger partial charge in [-0.3, -0.25) is 9.59 Å². The fourth-order valence-corrected chi connectivity index (χ4v) is 1.27. The fraction of sp³-hybridized carbons (Fsp3) is 0.300. The van der Waals surface area contributed by atoms with Gasteiger partial charge in [0.1, 0.15) is 17.7 Å². The Balaban J connectivity index is 2.97. The van der Waals surface area contributed by atoms with Crippen LogP contribution in [-0.2, 0) is 4.79 Å². The number of hydrogen-bond acceptors (Lipinski definition) is 5. The molecule has 2 atom stereocenters. The first kappa shape index (κ1) is 12.9. The Morgan fingerprint density at radius 2 is 2.18 bits per heavy atom. The van der Waals surface area contributed by atoms with Crippen molar-refractivity contribution in [3.05, 3.63) is 33.7 Å². The molecular formula is C10H10N2O5. The van der Waals surface area contributed by atoms with Crippen LogP contribution in [0.4, 0.5) is 0 Å². The number of aromatic nitrogens is 1. The second-order valence-corrected chi connectivity index (χ2v) is 3.40. The lowest BCUT2D eigenvalue weighted by molar-refractivity contribution is -0.141. The molecule has 0 bridgehead atoms. The zero-order chi connectivity index (χ0) is 13.0. The maximum atomic E-state index is 11.1. The maximum absolute atomic E-state index is 11.1. The monoisotopic (exact) mass is 238 g/mol. The molecule has 0 amide bonds. The van der Waals surface area contributed by atoms with E-state index in [-0.39, 0.29) is 11.1 Å². The van der Waals surface area contributed by atoms with Crippen LogP contribution in [0.25, 0.3) is 0 Å². The van der Waals surface area contributed by atoms with Gasteiger partial charge in [-0.15, -0.1) is 0 Å². The van der Waals surface area contributed by atoms with Crippen LogP contribution >= 0.6 is 0 Å². The summed E-state index contributed by atoms with van der Waals surface area (Å²) in [6.45, 7) is 0. The lowest BCUT2D eigenvalue weighted by Crippen LogP contribution is -2.23. The molecule has 0 aliphatic rings. The van der Waals surface area contributed by atoms with Crippen LogP contribution in [0.15, 0.2) is 17.1 Å². The average molecular weight is 238 g/mol. The number of aliphatic hydroxyl groups is 2. The van der Waals surface area contributed by atoms with Gasteiger partial charge in [-0.25, -0.2) is 0 Å². The summed E-state index contributed by atoms with van der Waals surface area (Å²) in [5, 5.41) is 36.0. The molecule has 0 aliphatic heterocycles. The summed E-state index contributed by atoms with van der Waals surface area (Å²) in [4.78, 5) is 23.6. The van der Waals surface area contributed by atoms with E-state index < -0.39 is 30.2 Å². The number of aliphatic carboxylic acids is 1. The van der Waals surface area contributed by atoms with Gasteiger partial charge in [-0.1, -0.05) is 0 Å². The normalized spacial score (nSPS) is 13.7. The van der Waals surface area contributed by atoms with Gasteiger partial charge in [-0.2, -0.15) is 5.26 Å². The first-order chi connectivity index (χ1) is 7.95. The van der Waals surface area contributed by atoms with E-state index in [0.717, 1.165) is 12.3 Å². The predicted molar refractivity (Wildman–Crippen MR) is 55.0 cm³/mol. The van der Waals surface area contributed by atoms with E-state index in [9.17, 15) is 19.8 Å². The fourth-order valence-electron chi connectivity index (χ4n) is 1.27. The molecule has 0 saturated carbocycles. The van der Waals surface area contributed by atoms with Gasteiger partial charge in [0.2, 0.25) is 0 Å². The number of rotatable bonds is 4. The third-order valence-corrected chi connectivity index (χ3v) is 2.14. The molecule has 4 N–H and O–H groups in total. The average Bonchev–Trinajstić information content (AvgIpc) is 2.27. The van der Waals surface area contributed by atoms with E-state index in [1.165, 1.54) is 0 Å². The van der Waals surface area contributed by atoms with E-state index in [1.807, 2.05) is 0 Å². The molecule has 1 heterocycles. The van der Waals surface area contributed by atoms with Gasteiger partial charge in [0.05, 0.1) is 12.5 Å². The Morgan fingerprint density at radius 3 is 2.71 bits per heavy atom. The van der Waals surface area contributed by atoms with Crippen LogP contribution in [0, 0.1) is 11.3 Å². The largest absolute Gasteiger partial charge is 0.481 e. The molecule has 0 aliphatic carbocycles. The Bertz CT molecular complexity index is 516. The third kappa shape index (κ3) is 3.14. The number of aromatic amines is 1. The molecule has 1 aromatic rings. The summed E-state index contributed by atoms with van der Waals surface area (Å²) in [5.74, 6) is -1.26. The van der Waals surface area contributed by atoms with Gasteiger partial charge < -0.3 is 20.3 Å². The number of hydrogen-bond donors (Lipinski definition) is 4. The number of carboxylic acid groups (broad SMARTS) is 1. The van der Waals surface area contributed by atoms with Gasteiger partial charge in [0.25, 0.3) is 5.56 Å². The smallest absolute Gasteiger partial charge is 0.306 e. The van der Waals surface area contributed by atoms with Crippen LogP contribution in [0.2, 0.25) is 0 Å². The third-order valence-electron chi connectivity index (χ3n) is 2.14. The summed E-state index contributed by atoms with van der Waals surface area (Å²) < 4.78 is 0. The zero-order valence-electron chi connectivity index (χ0n) is 8.62. The molecular weight excluding hydrogens is 228 g/mol. The number of pyridine rings is 1. The summed E-state index contributed by atoms with van der Waals surface area (Å²) >= 11 is 0. The van der Waals surface area contributed by atoms with Crippen LogP contribution in [0.3, 0.4) is 0 Å². The van der Waals surface area contributed by atoms with Crippen molar-refractivity contribution >= 4 is 5.97 Å². The van der Waals surface area contributed by atoms with Crippen molar-refractivity contribution in [2.24, 2.45) is 0 Å². The first-order valence-corrected chi connectivity index (χ1v) is 4.66. The van der Waals surface area contributed by atoms with Crippen molar-refractivity contribution in [3.8, 4) is 6.07 Å². The summed E-state index contributed by atoms with van der Waals surface area (Å²) in [6.07, 6.45) is -2.50. The standard InChI is InChI=1S/C10H10N2O5/c11-3-5-1-6(4-12-10(5)17)9(16)7(13)2-8(14)15/h1,4,7,9,13,16H,2H2,(H,12,17)(H,14,15). The first-order valence-electron chi connectivity index (χ1n) is 4.66. The number of nitriles is 1. The minimum Gasteiger partial charge on any atom is -0.481 e. The minimum atomic E-state index is -1.51. The summed E-state index contributed by atoms with van der Waals surface area (Å²) in [7, 11) is 0. The highest BCUT2D eigenvalue weighted by atomic mass is 16.4. The SMILES string of the molecule is N#Cc1cc(C(O)C(O)CC(=O)O)c[nH]c1=O. The van der Waals surface area contributed by atoms with E-state index >= 15 is 0 Å². The van der Waals surface area contributed by atoms with Gasteiger partial charge in [0, 0.05) is 11.8 Å². The molecule has 0 saturated heterocycles. The second-order valence-electron chi connectivity index (χ2n) is 3.40. The lowest BCUT2D eigenvalue weighted by Gasteiger charge is -2.16. The van der Waals surface area contributed by atoms with Gasteiger partial charge >= 0.3 is 5.97 Å². The van der Waals surface area contributed by atoms with Gasteiger partial charge in [-0.05, 0) is 6.07 Å². The summed E-state index contributed by atoms with van der Waals surface area (Å²) in [6, 6.07) is 2.72. The molecule has 17 heavy (non-hydrogen) atoms. The van der Waals surface area contributed by atoms with E-state index in [2.05, 4.69) is 4.98 Å². The zero-order valence-corrected chi connectivity index (χ0v) is 8.62. The Morgan fingerprint density at radius 1 is 1.53 bits per heavy atom. The Labute approximate surface area is 95.6 Å². The van der Waals surface area contributed by atoms with Gasteiger partial charge in [0.15, 0.2) is 0 Å². The van der Waals surface area contributed by atoms with Crippen molar-refractivity contribution < 1.29 is 20.1 Å². The summed E-state index contributed by atoms with van der Waals surface area (Å²) in [5.41, 5.74) is -0.754. The number of nitrogens with zero attached hydrogens (tertiary/aromatic N) is 1. The molecule has 2 unspecified atom stereocenters. The van der Waals surface area contributed by atoms with Crippen LogP contribution in [-0.4, -0.2) is 32.4 Å². The van der Waals surface area contributed by atoms with E-state index in [0.29, 0.717) is 0 Å².